The summed E-state index contributed by atoms with van der Waals surface area (Å²) in [6.45, 7) is 6.18. The second kappa shape index (κ2) is 12.3. The van der Waals surface area contributed by atoms with Crippen molar-refractivity contribution in [3.8, 4) is 5.75 Å². The van der Waals surface area contributed by atoms with Crippen LogP contribution in [0.4, 0.5) is 11.4 Å². The lowest BCUT2D eigenvalue weighted by molar-refractivity contribution is 0.0526. The van der Waals surface area contributed by atoms with E-state index in [1.54, 1.807) is 19.1 Å². The minimum Gasteiger partial charge on any atom is -0.494 e. The molecule has 0 aromatic heterocycles. The van der Waals surface area contributed by atoms with E-state index < -0.39 is 11.9 Å². The van der Waals surface area contributed by atoms with Crippen LogP contribution in [0, 0.1) is 0 Å². The van der Waals surface area contributed by atoms with Gasteiger partial charge in [0, 0.05) is 38.3 Å². The number of benzene rings is 3. The van der Waals surface area contributed by atoms with Gasteiger partial charge in [-0.05, 0) is 42.8 Å². The fourth-order valence-corrected chi connectivity index (χ4v) is 4.96. The molecule has 0 unspecified atom stereocenters. The number of ether oxygens (including phenoxy) is 2. The quantitative estimate of drug-likeness (QED) is 0.366. The maximum Gasteiger partial charge on any atom is 0.338 e. The second-order valence-electron chi connectivity index (χ2n) is 8.63. The molecule has 1 saturated heterocycles. The zero-order chi connectivity index (χ0) is 26.4. The molecule has 0 aliphatic carbocycles. The predicted molar refractivity (Wildman–Crippen MR) is 147 cm³/mol. The Hall–Kier alpha value is -3.26. The van der Waals surface area contributed by atoms with E-state index in [0.29, 0.717) is 17.0 Å². The Kier molecular flexibility index (Phi) is 8.92. The summed E-state index contributed by atoms with van der Waals surface area (Å²) in [6.07, 6.45) is 0. The molecule has 37 heavy (non-hydrogen) atoms. The van der Waals surface area contributed by atoms with Gasteiger partial charge >= 0.3 is 5.97 Å². The molecule has 0 atom stereocenters. The van der Waals surface area contributed by atoms with Crippen LogP contribution in [0.5, 0.6) is 5.75 Å². The summed E-state index contributed by atoms with van der Waals surface area (Å²) in [7, 11) is 1.46. The summed E-state index contributed by atoms with van der Waals surface area (Å²) < 4.78 is 10.3. The highest BCUT2D eigenvalue weighted by atomic mass is 35.5. The van der Waals surface area contributed by atoms with Gasteiger partial charge in [-0.3, -0.25) is 9.69 Å². The van der Waals surface area contributed by atoms with E-state index in [1.807, 2.05) is 12.1 Å². The minimum atomic E-state index is -0.451. The zero-order valence-electron chi connectivity index (χ0n) is 20.8. The van der Waals surface area contributed by atoms with Crippen molar-refractivity contribution in [1.29, 1.82) is 0 Å². The van der Waals surface area contributed by atoms with Crippen molar-refractivity contribution in [3.05, 3.63) is 87.4 Å². The second-order valence-corrected chi connectivity index (χ2v) is 9.44. The number of anilines is 2. The van der Waals surface area contributed by atoms with Crippen LogP contribution in [0.1, 0.15) is 33.2 Å². The van der Waals surface area contributed by atoms with Gasteiger partial charge in [-0.15, -0.1) is 0 Å². The van der Waals surface area contributed by atoms with Gasteiger partial charge < -0.3 is 19.7 Å². The number of methoxy groups -OCH3 is 1. The highest BCUT2D eigenvalue weighted by Gasteiger charge is 2.22. The first-order valence-electron chi connectivity index (χ1n) is 12.1. The summed E-state index contributed by atoms with van der Waals surface area (Å²) in [5, 5.41) is 3.41. The number of amides is 1. The van der Waals surface area contributed by atoms with E-state index in [4.69, 9.17) is 32.7 Å². The van der Waals surface area contributed by atoms with E-state index in [9.17, 15) is 9.59 Å². The van der Waals surface area contributed by atoms with Gasteiger partial charge in [-0.25, -0.2) is 4.79 Å². The molecule has 0 saturated carbocycles. The molecule has 194 valence electrons. The first-order valence-corrected chi connectivity index (χ1v) is 12.8. The fraction of sp³-hybridized carbons (Fsp3) is 0.286. The monoisotopic (exact) mass is 541 g/mol. The number of hydrogen-bond acceptors (Lipinski definition) is 6. The highest BCUT2D eigenvalue weighted by molar-refractivity contribution is 6.37. The molecule has 1 aliphatic heterocycles. The topological polar surface area (TPSA) is 71.1 Å². The van der Waals surface area contributed by atoms with Crippen molar-refractivity contribution in [1.82, 2.24) is 4.90 Å². The Bertz CT molecular complexity index is 1240. The Balaban J connectivity index is 1.55. The number of halogens is 2. The molecule has 1 heterocycles. The van der Waals surface area contributed by atoms with Gasteiger partial charge in [0.05, 0.1) is 40.7 Å². The van der Waals surface area contributed by atoms with E-state index in [1.165, 1.54) is 24.8 Å². The Morgan fingerprint density at radius 3 is 2.22 bits per heavy atom. The van der Waals surface area contributed by atoms with E-state index in [2.05, 4.69) is 39.4 Å². The van der Waals surface area contributed by atoms with Crippen molar-refractivity contribution in [3.63, 3.8) is 0 Å². The van der Waals surface area contributed by atoms with Crippen LogP contribution >= 0.6 is 23.2 Å². The highest BCUT2D eigenvalue weighted by Crippen LogP contribution is 2.35. The van der Waals surface area contributed by atoms with Crippen LogP contribution in [-0.2, 0) is 11.3 Å². The molecule has 9 heteroatoms. The van der Waals surface area contributed by atoms with Gasteiger partial charge in [0.1, 0.15) is 0 Å². The molecule has 0 radical (unpaired) electrons. The largest absolute Gasteiger partial charge is 0.494 e. The lowest BCUT2D eigenvalue weighted by Crippen LogP contribution is -2.46. The van der Waals surface area contributed by atoms with Gasteiger partial charge in [0.25, 0.3) is 5.91 Å². The summed E-state index contributed by atoms with van der Waals surface area (Å²) in [5.41, 5.74) is 3.24. The van der Waals surface area contributed by atoms with Crippen LogP contribution in [0.15, 0.2) is 60.7 Å². The van der Waals surface area contributed by atoms with Crippen molar-refractivity contribution in [2.45, 2.75) is 13.5 Å². The molecule has 3 aromatic rings. The number of carbonyl (C=O) groups excluding carboxylic acids is 2. The first-order chi connectivity index (χ1) is 17.9. The number of nitrogens with zero attached hydrogens (tertiary/aromatic N) is 2. The Morgan fingerprint density at radius 1 is 0.919 bits per heavy atom. The molecule has 1 N–H and O–H groups in total. The zero-order valence-corrected chi connectivity index (χ0v) is 22.3. The number of piperazine rings is 1. The molecule has 1 amide bonds. The fourth-order valence-electron chi connectivity index (χ4n) is 4.32. The molecule has 0 spiro atoms. The number of rotatable bonds is 8. The SMILES string of the molecule is CCOC(=O)c1ccc(N2CCN(Cc3ccccc3)CC2)c(NC(=O)c2cc(Cl)c(OC)c(Cl)c2)c1. The Morgan fingerprint density at radius 2 is 1.59 bits per heavy atom. The average molecular weight is 542 g/mol. The number of hydrogen-bond donors (Lipinski definition) is 1. The third-order valence-electron chi connectivity index (χ3n) is 6.18. The molecule has 0 bridgehead atoms. The van der Waals surface area contributed by atoms with Crippen LogP contribution in [-0.4, -0.2) is 56.7 Å². The van der Waals surface area contributed by atoms with Gasteiger partial charge in [0.2, 0.25) is 0 Å². The molecule has 1 aliphatic rings. The minimum absolute atomic E-state index is 0.232. The predicted octanol–water partition coefficient (Wildman–Crippen LogP) is 5.75. The van der Waals surface area contributed by atoms with E-state index >= 15 is 0 Å². The average Bonchev–Trinajstić information content (AvgIpc) is 2.90. The van der Waals surface area contributed by atoms with E-state index in [-0.39, 0.29) is 22.2 Å². The van der Waals surface area contributed by atoms with Crippen molar-refractivity contribution in [2.75, 3.05) is 50.1 Å². The summed E-state index contributed by atoms with van der Waals surface area (Å²) in [4.78, 5) is 30.2. The third kappa shape index (κ3) is 6.55. The molecule has 7 nitrogen and oxygen atoms in total. The van der Waals surface area contributed by atoms with Crippen LogP contribution in [0.25, 0.3) is 0 Å². The molecule has 3 aromatic carbocycles. The number of nitrogens with one attached hydrogen (secondary N) is 1. The lowest BCUT2D eigenvalue weighted by Gasteiger charge is -2.37. The Labute approximate surface area is 226 Å². The smallest absolute Gasteiger partial charge is 0.338 e. The van der Waals surface area contributed by atoms with E-state index in [0.717, 1.165) is 38.4 Å². The molecular formula is C28H29Cl2N3O4. The maximum atomic E-state index is 13.2. The van der Waals surface area contributed by atoms with Gasteiger partial charge in [0.15, 0.2) is 5.75 Å². The normalized spacial score (nSPS) is 13.8. The van der Waals surface area contributed by atoms with Crippen molar-refractivity contribution < 1.29 is 19.1 Å². The number of carbonyl (C=O) groups is 2. The van der Waals surface area contributed by atoms with Crippen molar-refractivity contribution >= 4 is 46.5 Å². The molecular weight excluding hydrogens is 513 g/mol. The van der Waals surface area contributed by atoms with Gasteiger partial charge in [-0.2, -0.15) is 0 Å². The van der Waals surface area contributed by atoms with Crippen molar-refractivity contribution in [2.24, 2.45) is 0 Å². The van der Waals surface area contributed by atoms with Crippen LogP contribution in [0.3, 0.4) is 0 Å². The first kappa shape index (κ1) is 26.8. The lowest BCUT2D eigenvalue weighted by atomic mass is 10.1. The molecule has 4 rings (SSSR count). The third-order valence-corrected chi connectivity index (χ3v) is 6.74. The van der Waals surface area contributed by atoms with Crippen LogP contribution < -0.4 is 15.0 Å². The van der Waals surface area contributed by atoms with Gasteiger partial charge in [-0.1, -0.05) is 53.5 Å². The number of esters is 1. The summed E-state index contributed by atoms with van der Waals surface area (Å²) >= 11 is 12.5. The molecule has 1 fully saturated rings. The maximum absolute atomic E-state index is 13.2. The summed E-state index contributed by atoms with van der Waals surface area (Å²) in [6, 6.07) is 18.6. The van der Waals surface area contributed by atoms with Crippen LogP contribution in [0.2, 0.25) is 10.0 Å². The summed E-state index contributed by atoms with van der Waals surface area (Å²) in [5.74, 6) is -0.553. The standard InChI is InChI=1S/C28H29Cl2N3O4/c1-3-37-28(35)20-9-10-25(33-13-11-32(12-14-33)18-19-7-5-4-6-8-19)24(17-20)31-27(34)21-15-22(29)26(36-2)23(30)16-21/h4-10,15-17H,3,11-14,18H2,1-2H3,(H,31,34).